The van der Waals surface area contributed by atoms with Gasteiger partial charge < -0.3 is 10.4 Å². The molecule has 0 radical (unpaired) electrons. The number of hydrogen-bond donors (Lipinski definition) is 2. The van der Waals surface area contributed by atoms with Crippen molar-refractivity contribution in [3.8, 4) is 0 Å². The summed E-state index contributed by atoms with van der Waals surface area (Å²) in [7, 11) is 0. The highest BCUT2D eigenvalue weighted by Gasteiger charge is 2.33. The van der Waals surface area contributed by atoms with E-state index in [1.165, 1.54) is 23.9 Å². The smallest absolute Gasteiger partial charge is 0.308 e. The fourth-order valence-corrected chi connectivity index (χ4v) is 3.32. The molecule has 0 saturated heterocycles. The van der Waals surface area contributed by atoms with Crippen molar-refractivity contribution in [2.45, 2.75) is 31.1 Å². The molecule has 2 atom stereocenters. The van der Waals surface area contributed by atoms with Crippen molar-refractivity contribution >= 4 is 23.6 Å². The molecule has 0 bridgehead atoms. The van der Waals surface area contributed by atoms with Gasteiger partial charge in [0.1, 0.15) is 5.82 Å². The third kappa shape index (κ3) is 4.74. The molecule has 1 saturated carbocycles. The minimum Gasteiger partial charge on any atom is -0.481 e. The molecule has 1 aliphatic rings. The van der Waals surface area contributed by atoms with E-state index in [2.05, 4.69) is 5.32 Å². The van der Waals surface area contributed by atoms with Gasteiger partial charge in [-0.25, -0.2) is 4.39 Å². The number of halogens is 1. The maximum atomic E-state index is 12.7. The van der Waals surface area contributed by atoms with Crippen LogP contribution in [0, 0.1) is 11.7 Å². The van der Waals surface area contributed by atoms with Crippen LogP contribution in [-0.4, -0.2) is 28.8 Å². The molecule has 2 unspecified atom stereocenters. The quantitative estimate of drug-likeness (QED) is 0.847. The summed E-state index contributed by atoms with van der Waals surface area (Å²) in [5, 5.41) is 11.9. The van der Waals surface area contributed by atoms with E-state index in [9.17, 15) is 14.0 Å². The third-order valence-electron chi connectivity index (χ3n) is 3.59. The molecule has 114 valence electrons. The highest BCUT2D eigenvalue weighted by molar-refractivity contribution is 7.99. The molecule has 1 aromatic carbocycles. The van der Waals surface area contributed by atoms with Crippen LogP contribution in [0.15, 0.2) is 24.3 Å². The molecule has 4 nitrogen and oxygen atoms in total. The van der Waals surface area contributed by atoms with Crippen LogP contribution in [-0.2, 0) is 15.3 Å². The van der Waals surface area contributed by atoms with Gasteiger partial charge in [0, 0.05) is 11.8 Å². The summed E-state index contributed by atoms with van der Waals surface area (Å²) < 4.78 is 12.7. The summed E-state index contributed by atoms with van der Waals surface area (Å²) >= 11 is 1.43. The van der Waals surface area contributed by atoms with Crippen LogP contribution in [0.25, 0.3) is 0 Å². The standard InChI is InChI=1S/C15H18FNO3S/c16-11-6-4-10(5-7-11)8-21-9-14(18)17-13-3-1-2-12(13)15(19)20/h4-7,12-13H,1-3,8-9H2,(H,17,18)(H,19,20). The van der Waals surface area contributed by atoms with Gasteiger partial charge in [0.05, 0.1) is 11.7 Å². The van der Waals surface area contributed by atoms with Gasteiger partial charge in [0.15, 0.2) is 0 Å². The van der Waals surface area contributed by atoms with Crippen molar-refractivity contribution < 1.29 is 19.1 Å². The van der Waals surface area contributed by atoms with Crippen LogP contribution < -0.4 is 5.32 Å². The van der Waals surface area contributed by atoms with Crippen LogP contribution in [0.5, 0.6) is 0 Å². The van der Waals surface area contributed by atoms with Crippen molar-refractivity contribution in [3.05, 3.63) is 35.6 Å². The largest absolute Gasteiger partial charge is 0.481 e. The number of thioether (sulfide) groups is 1. The molecule has 0 aliphatic heterocycles. The van der Waals surface area contributed by atoms with Crippen LogP contribution in [0.3, 0.4) is 0 Å². The van der Waals surface area contributed by atoms with Crippen molar-refractivity contribution in [1.82, 2.24) is 5.32 Å². The van der Waals surface area contributed by atoms with E-state index in [4.69, 9.17) is 5.11 Å². The summed E-state index contributed by atoms with van der Waals surface area (Å²) in [6, 6.07) is 5.93. The van der Waals surface area contributed by atoms with Gasteiger partial charge in [0.25, 0.3) is 0 Å². The number of amides is 1. The summed E-state index contributed by atoms with van der Waals surface area (Å²) in [5.41, 5.74) is 0.957. The Morgan fingerprint density at radius 1 is 1.29 bits per heavy atom. The Morgan fingerprint density at radius 3 is 2.67 bits per heavy atom. The highest BCUT2D eigenvalue weighted by Crippen LogP contribution is 2.26. The Kier molecular flexibility index (Phi) is 5.61. The molecular formula is C15H18FNO3S. The minimum absolute atomic E-state index is 0.139. The Labute approximate surface area is 127 Å². The van der Waals surface area contributed by atoms with E-state index in [0.29, 0.717) is 12.2 Å². The maximum Gasteiger partial charge on any atom is 0.308 e. The fraction of sp³-hybridized carbons (Fsp3) is 0.467. The lowest BCUT2D eigenvalue weighted by Crippen LogP contribution is -2.41. The van der Waals surface area contributed by atoms with Gasteiger partial charge in [0.2, 0.25) is 5.91 Å². The molecule has 0 spiro atoms. The van der Waals surface area contributed by atoms with Crippen LogP contribution in [0.2, 0.25) is 0 Å². The van der Waals surface area contributed by atoms with Crippen LogP contribution in [0.1, 0.15) is 24.8 Å². The molecule has 2 N–H and O–H groups in total. The number of carbonyl (C=O) groups is 2. The predicted molar refractivity (Wildman–Crippen MR) is 79.5 cm³/mol. The Balaban J connectivity index is 1.72. The second-order valence-corrected chi connectivity index (χ2v) is 6.15. The van der Waals surface area contributed by atoms with Crippen molar-refractivity contribution in [2.75, 3.05) is 5.75 Å². The summed E-state index contributed by atoms with van der Waals surface area (Å²) in [5.74, 6) is -0.809. The van der Waals surface area contributed by atoms with E-state index in [1.807, 2.05) is 0 Å². The number of aliphatic carboxylic acids is 1. The molecule has 1 aromatic rings. The van der Waals surface area contributed by atoms with Crippen LogP contribution in [0.4, 0.5) is 4.39 Å². The number of carbonyl (C=O) groups excluding carboxylic acids is 1. The number of carboxylic acid groups (broad SMARTS) is 1. The summed E-state index contributed by atoms with van der Waals surface area (Å²) in [6.45, 7) is 0. The van der Waals surface area contributed by atoms with E-state index in [-0.39, 0.29) is 23.5 Å². The van der Waals surface area contributed by atoms with Gasteiger partial charge in [-0.15, -0.1) is 11.8 Å². The summed E-state index contributed by atoms with van der Waals surface area (Å²) in [6.07, 6.45) is 2.19. The minimum atomic E-state index is -0.836. The zero-order chi connectivity index (χ0) is 15.2. The first-order valence-electron chi connectivity index (χ1n) is 6.90. The first kappa shape index (κ1) is 15.8. The van der Waals surface area contributed by atoms with E-state index >= 15 is 0 Å². The van der Waals surface area contributed by atoms with E-state index < -0.39 is 11.9 Å². The van der Waals surface area contributed by atoms with Crippen molar-refractivity contribution in [1.29, 1.82) is 0 Å². The molecule has 1 amide bonds. The maximum absolute atomic E-state index is 12.7. The molecule has 6 heteroatoms. The first-order chi connectivity index (χ1) is 10.1. The first-order valence-corrected chi connectivity index (χ1v) is 8.06. The molecule has 1 aliphatic carbocycles. The van der Waals surface area contributed by atoms with Crippen molar-refractivity contribution in [2.24, 2.45) is 5.92 Å². The SMILES string of the molecule is O=C(CSCc1ccc(F)cc1)NC1CCCC1C(=O)O. The lowest BCUT2D eigenvalue weighted by Gasteiger charge is -2.17. The lowest BCUT2D eigenvalue weighted by atomic mass is 10.0. The van der Waals surface area contributed by atoms with E-state index in [1.54, 1.807) is 12.1 Å². The van der Waals surface area contributed by atoms with Gasteiger partial charge in [-0.2, -0.15) is 0 Å². The topological polar surface area (TPSA) is 66.4 Å². The zero-order valence-corrected chi connectivity index (χ0v) is 12.4. The molecule has 0 aromatic heterocycles. The van der Waals surface area contributed by atoms with Gasteiger partial charge in [-0.05, 0) is 30.5 Å². The van der Waals surface area contributed by atoms with Gasteiger partial charge in [-0.1, -0.05) is 18.6 Å². The third-order valence-corrected chi connectivity index (χ3v) is 4.60. The second-order valence-electron chi connectivity index (χ2n) is 5.17. The monoisotopic (exact) mass is 311 g/mol. The van der Waals surface area contributed by atoms with Gasteiger partial charge >= 0.3 is 5.97 Å². The average molecular weight is 311 g/mol. The molecule has 1 fully saturated rings. The van der Waals surface area contributed by atoms with Gasteiger partial charge in [-0.3, -0.25) is 9.59 Å². The predicted octanol–water partition coefficient (Wildman–Crippen LogP) is 2.43. The Bertz CT molecular complexity index is 506. The fourth-order valence-electron chi connectivity index (χ4n) is 2.52. The Morgan fingerprint density at radius 2 is 2.00 bits per heavy atom. The van der Waals surface area contributed by atoms with E-state index in [0.717, 1.165) is 18.4 Å². The number of nitrogens with one attached hydrogen (secondary N) is 1. The van der Waals surface area contributed by atoms with Crippen molar-refractivity contribution in [3.63, 3.8) is 0 Å². The average Bonchev–Trinajstić information content (AvgIpc) is 2.89. The Hall–Kier alpha value is -1.56. The number of carboxylic acids is 1. The zero-order valence-electron chi connectivity index (χ0n) is 11.5. The normalized spacial score (nSPS) is 21.2. The molecule has 2 rings (SSSR count). The molecular weight excluding hydrogens is 293 g/mol. The summed E-state index contributed by atoms with van der Waals surface area (Å²) in [4.78, 5) is 22.9. The number of hydrogen-bond acceptors (Lipinski definition) is 3. The van der Waals surface area contributed by atoms with Crippen LogP contribution >= 0.6 is 11.8 Å². The molecule has 0 heterocycles. The number of rotatable bonds is 6. The second kappa shape index (κ2) is 7.45. The lowest BCUT2D eigenvalue weighted by molar-refractivity contribution is -0.142. The highest BCUT2D eigenvalue weighted by atomic mass is 32.2. The molecule has 21 heavy (non-hydrogen) atoms. The number of benzene rings is 1.